The summed E-state index contributed by atoms with van der Waals surface area (Å²) < 4.78 is 40.1. The van der Waals surface area contributed by atoms with Gasteiger partial charge in [0.05, 0.1) is 13.2 Å². The van der Waals surface area contributed by atoms with Gasteiger partial charge in [-0.05, 0) is 25.5 Å². The number of benzene rings is 1. The molecule has 5 nitrogen and oxygen atoms in total. The zero-order valence-corrected chi connectivity index (χ0v) is 11.7. The van der Waals surface area contributed by atoms with Crippen LogP contribution in [0.15, 0.2) is 18.2 Å². The zero-order chi connectivity index (χ0) is 14.9. The molecule has 2 unspecified atom stereocenters. The van der Waals surface area contributed by atoms with Gasteiger partial charge in [0, 0.05) is 30.4 Å². The second-order valence-electron chi connectivity index (χ2n) is 5.34. The van der Waals surface area contributed by atoms with E-state index in [2.05, 4.69) is 20.1 Å². The number of halogens is 2. The monoisotopic (exact) mass is 300 g/mol. The van der Waals surface area contributed by atoms with Crippen LogP contribution in [0.25, 0.3) is 0 Å². The summed E-state index contributed by atoms with van der Waals surface area (Å²) in [7, 11) is 0. The first-order chi connectivity index (χ1) is 10.0. The van der Waals surface area contributed by atoms with Crippen molar-refractivity contribution in [1.82, 2.24) is 5.32 Å². The molecule has 2 atom stereocenters. The first-order valence-corrected chi connectivity index (χ1v) is 6.99. The number of hydrogen-bond donors (Lipinski definition) is 2. The highest BCUT2D eigenvalue weighted by Gasteiger charge is 2.43. The van der Waals surface area contributed by atoms with Crippen LogP contribution < -0.4 is 20.1 Å². The molecule has 2 heterocycles. The molecule has 0 aromatic heterocycles. The Morgan fingerprint density at radius 3 is 2.95 bits per heavy atom. The molecule has 7 heteroatoms. The summed E-state index contributed by atoms with van der Waals surface area (Å²) in [5.41, 5.74) is 0.722. The van der Waals surface area contributed by atoms with Crippen molar-refractivity contribution >= 4 is 5.69 Å². The van der Waals surface area contributed by atoms with E-state index in [9.17, 15) is 8.78 Å². The second kappa shape index (κ2) is 5.65. The average Bonchev–Trinajstić information content (AvgIpc) is 2.73. The summed E-state index contributed by atoms with van der Waals surface area (Å²) in [6, 6.07) is 5.18. The molecule has 2 aliphatic heterocycles. The third-order valence-electron chi connectivity index (χ3n) is 3.45. The molecule has 1 saturated heterocycles. The van der Waals surface area contributed by atoms with E-state index in [0.29, 0.717) is 12.6 Å². The Labute approximate surface area is 121 Å². The van der Waals surface area contributed by atoms with Crippen LogP contribution in [0.4, 0.5) is 14.5 Å². The van der Waals surface area contributed by atoms with Crippen molar-refractivity contribution in [2.75, 3.05) is 25.1 Å². The van der Waals surface area contributed by atoms with Gasteiger partial charge in [-0.15, -0.1) is 8.78 Å². The van der Waals surface area contributed by atoms with Crippen molar-refractivity contribution in [1.29, 1.82) is 0 Å². The van der Waals surface area contributed by atoms with Crippen molar-refractivity contribution in [3.05, 3.63) is 18.2 Å². The van der Waals surface area contributed by atoms with Gasteiger partial charge < -0.3 is 24.8 Å². The lowest BCUT2D eigenvalue weighted by Crippen LogP contribution is -2.43. The highest BCUT2D eigenvalue weighted by Crippen LogP contribution is 2.42. The van der Waals surface area contributed by atoms with Gasteiger partial charge in [0.2, 0.25) is 0 Å². The maximum absolute atomic E-state index is 13.0. The molecule has 3 rings (SSSR count). The predicted molar refractivity (Wildman–Crippen MR) is 73.0 cm³/mol. The lowest BCUT2D eigenvalue weighted by atomic mass is 10.1. The topological polar surface area (TPSA) is 51.8 Å². The second-order valence-corrected chi connectivity index (χ2v) is 5.34. The van der Waals surface area contributed by atoms with Crippen molar-refractivity contribution in [2.24, 2.45) is 0 Å². The Hall–Kier alpha value is -1.60. The van der Waals surface area contributed by atoms with Crippen LogP contribution >= 0.6 is 0 Å². The van der Waals surface area contributed by atoms with E-state index >= 15 is 0 Å². The molecular formula is C14H18F2N2O3. The van der Waals surface area contributed by atoms with Gasteiger partial charge in [-0.1, -0.05) is 0 Å². The van der Waals surface area contributed by atoms with Crippen LogP contribution in [-0.4, -0.2) is 38.1 Å². The van der Waals surface area contributed by atoms with E-state index in [1.54, 1.807) is 6.07 Å². The Morgan fingerprint density at radius 1 is 1.38 bits per heavy atom. The molecular weight excluding hydrogens is 282 g/mol. The maximum Gasteiger partial charge on any atom is 0.586 e. The third kappa shape index (κ3) is 3.54. The van der Waals surface area contributed by atoms with Crippen LogP contribution in [-0.2, 0) is 4.74 Å². The van der Waals surface area contributed by atoms with Gasteiger partial charge in [-0.2, -0.15) is 0 Å². The predicted octanol–water partition coefficient (Wildman–Crippen LogP) is 2.19. The smallest absolute Gasteiger partial charge is 0.395 e. The van der Waals surface area contributed by atoms with Gasteiger partial charge in [0.25, 0.3) is 0 Å². The number of fused-ring (bicyclic) bond motifs is 1. The summed E-state index contributed by atoms with van der Waals surface area (Å²) >= 11 is 0. The molecule has 0 radical (unpaired) electrons. The number of alkyl halides is 2. The number of anilines is 1. The standard InChI is InChI=1S/C14H18F2N2O3/c1-9(6-11-8-19-5-4-17-11)18-10-2-3-12-13(7-10)21-14(15,16)20-12/h2-3,7,9,11,17-18H,4-6,8H2,1H3. The fraction of sp³-hybridized carbons (Fsp3) is 0.571. The highest BCUT2D eigenvalue weighted by molar-refractivity contribution is 5.56. The molecule has 116 valence electrons. The van der Waals surface area contributed by atoms with Crippen LogP contribution in [0.2, 0.25) is 0 Å². The molecule has 0 bridgehead atoms. The molecule has 2 N–H and O–H groups in total. The summed E-state index contributed by atoms with van der Waals surface area (Å²) in [5.74, 6) is 0.108. The normalized spacial score (nSPS) is 24.6. The van der Waals surface area contributed by atoms with Crippen molar-refractivity contribution in [3.63, 3.8) is 0 Å². The Morgan fingerprint density at radius 2 is 2.19 bits per heavy atom. The highest BCUT2D eigenvalue weighted by atomic mass is 19.3. The molecule has 0 spiro atoms. The van der Waals surface area contributed by atoms with Crippen LogP contribution in [0.1, 0.15) is 13.3 Å². The quantitative estimate of drug-likeness (QED) is 0.892. The number of ether oxygens (including phenoxy) is 3. The van der Waals surface area contributed by atoms with Gasteiger partial charge >= 0.3 is 6.29 Å². The molecule has 0 aliphatic carbocycles. The number of morpholine rings is 1. The molecule has 0 amide bonds. The molecule has 0 saturated carbocycles. The summed E-state index contributed by atoms with van der Waals surface area (Å²) in [4.78, 5) is 0. The van der Waals surface area contributed by atoms with Gasteiger partial charge in [-0.25, -0.2) is 0 Å². The first kappa shape index (κ1) is 14.3. The third-order valence-corrected chi connectivity index (χ3v) is 3.45. The van der Waals surface area contributed by atoms with Gasteiger partial charge in [0.15, 0.2) is 11.5 Å². The first-order valence-electron chi connectivity index (χ1n) is 6.99. The van der Waals surface area contributed by atoms with E-state index in [1.165, 1.54) is 12.1 Å². The Bertz CT molecular complexity index is 507. The molecule has 2 aliphatic rings. The van der Waals surface area contributed by atoms with Gasteiger partial charge in [0.1, 0.15) is 0 Å². The van der Waals surface area contributed by atoms with Crippen molar-refractivity contribution < 1.29 is 23.0 Å². The zero-order valence-electron chi connectivity index (χ0n) is 11.7. The van der Waals surface area contributed by atoms with Crippen molar-refractivity contribution in [2.45, 2.75) is 31.7 Å². The largest absolute Gasteiger partial charge is 0.586 e. The minimum Gasteiger partial charge on any atom is -0.395 e. The molecule has 21 heavy (non-hydrogen) atoms. The summed E-state index contributed by atoms with van der Waals surface area (Å²) in [6.07, 6.45) is -2.69. The summed E-state index contributed by atoms with van der Waals surface area (Å²) in [5, 5.41) is 6.65. The van der Waals surface area contributed by atoms with Crippen molar-refractivity contribution in [3.8, 4) is 11.5 Å². The lowest BCUT2D eigenvalue weighted by Gasteiger charge is -2.27. The molecule has 1 aromatic carbocycles. The average molecular weight is 300 g/mol. The maximum atomic E-state index is 13.0. The SMILES string of the molecule is CC(CC1COCCN1)Nc1ccc2c(c1)OC(F)(F)O2. The minimum absolute atomic E-state index is 0.0522. The Balaban J connectivity index is 1.58. The molecule has 1 fully saturated rings. The van der Waals surface area contributed by atoms with Gasteiger partial charge in [-0.3, -0.25) is 0 Å². The van der Waals surface area contributed by atoms with Crippen LogP contribution in [0, 0.1) is 0 Å². The van der Waals surface area contributed by atoms with E-state index in [0.717, 1.165) is 25.3 Å². The number of nitrogens with one attached hydrogen (secondary N) is 2. The van der Waals surface area contributed by atoms with E-state index in [1.807, 2.05) is 6.92 Å². The summed E-state index contributed by atoms with van der Waals surface area (Å²) in [6.45, 7) is 4.33. The fourth-order valence-corrected chi connectivity index (χ4v) is 2.58. The fourth-order valence-electron chi connectivity index (χ4n) is 2.58. The van der Waals surface area contributed by atoms with E-state index in [4.69, 9.17) is 4.74 Å². The minimum atomic E-state index is -3.57. The number of hydrogen-bond acceptors (Lipinski definition) is 5. The number of rotatable bonds is 4. The molecule has 1 aromatic rings. The van der Waals surface area contributed by atoms with E-state index in [-0.39, 0.29) is 17.5 Å². The lowest BCUT2D eigenvalue weighted by molar-refractivity contribution is -0.286. The Kier molecular flexibility index (Phi) is 3.86. The van der Waals surface area contributed by atoms with Crippen LogP contribution in [0.3, 0.4) is 0 Å². The van der Waals surface area contributed by atoms with Crippen LogP contribution in [0.5, 0.6) is 11.5 Å². The van der Waals surface area contributed by atoms with E-state index < -0.39 is 6.29 Å².